The maximum Gasteiger partial charge on any atom is 0.261 e. The molecule has 0 radical (unpaired) electrons. The van der Waals surface area contributed by atoms with Crippen LogP contribution < -0.4 is 10.1 Å². The number of hydrogen-bond acceptors (Lipinski definition) is 6. The normalized spacial score (nSPS) is 16.2. The first-order valence-electron chi connectivity index (χ1n) is 11.7. The van der Waals surface area contributed by atoms with E-state index in [0.717, 1.165) is 29.2 Å². The van der Waals surface area contributed by atoms with E-state index in [-0.39, 0.29) is 30.2 Å². The van der Waals surface area contributed by atoms with Gasteiger partial charge in [0.1, 0.15) is 5.75 Å². The van der Waals surface area contributed by atoms with Crippen molar-refractivity contribution in [1.29, 1.82) is 0 Å². The minimum absolute atomic E-state index is 0.120. The maximum absolute atomic E-state index is 12.7. The molecule has 0 spiro atoms. The highest BCUT2D eigenvalue weighted by atomic mass is 16.5. The molecule has 2 aromatic rings. The zero-order valence-corrected chi connectivity index (χ0v) is 20.1. The van der Waals surface area contributed by atoms with E-state index in [1.807, 2.05) is 34.1 Å². The van der Waals surface area contributed by atoms with Gasteiger partial charge in [0.25, 0.3) is 11.8 Å². The number of fused-ring (bicyclic) bond motifs is 1. The van der Waals surface area contributed by atoms with Crippen molar-refractivity contribution in [3.63, 3.8) is 0 Å². The lowest BCUT2D eigenvalue weighted by Crippen LogP contribution is -2.38. The number of benzene rings is 2. The summed E-state index contributed by atoms with van der Waals surface area (Å²) >= 11 is 0. The molecule has 2 aliphatic heterocycles. The Morgan fingerprint density at radius 2 is 1.69 bits per heavy atom. The lowest BCUT2D eigenvalue weighted by atomic mass is 10.1. The Bertz CT molecular complexity index is 1130. The fraction of sp³-hybridized carbons (Fsp3) is 0.385. The van der Waals surface area contributed by atoms with Gasteiger partial charge < -0.3 is 15.0 Å². The van der Waals surface area contributed by atoms with Crippen LogP contribution in [0.1, 0.15) is 39.1 Å². The number of carbonyl (C=O) groups excluding carboxylic acids is 4. The van der Waals surface area contributed by atoms with Crippen LogP contribution >= 0.6 is 0 Å². The molecular formula is C26H30N4O5. The molecule has 9 nitrogen and oxygen atoms in total. The quantitative estimate of drug-likeness (QED) is 0.612. The first kappa shape index (κ1) is 24.4. The SMILES string of the molecule is COc1ccc(CCC(=O)N2CCCN(CC(=O)Nc3ccc4c(c3)C(=O)N(C)C4=O)CC2)cc1. The van der Waals surface area contributed by atoms with Crippen molar-refractivity contribution in [3.05, 3.63) is 59.2 Å². The topological polar surface area (TPSA) is 99.3 Å². The largest absolute Gasteiger partial charge is 0.497 e. The van der Waals surface area contributed by atoms with Crippen LogP contribution in [0.4, 0.5) is 5.69 Å². The Kier molecular flexibility index (Phi) is 7.45. The van der Waals surface area contributed by atoms with Crippen LogP contribution in [0.3, 0.4) is 0 Å². The number of carbonyl (C=O) groups is 4. The van der Waals surface area contributed by atoms with Crippen LogP contribution in [0, 0.1) is 0 Å². The van der Waals surface area contributed by atoms with Gasteiger partial charge in [-0.3, -0.25) is 29.0 Å². The predicted molar refractivity (Wildman–Crippen MR) is 130 cm³/mol. The highest BCUT2D eigenvalue weighted by molar-refractivity contribution is 6.21. The number of ether oxygens (including phenoxy) is 1. The fourth-order valence-electron chi connectivity index (χ4n) is 4.42. The van der Waals surface area contributed by atoms with E-state index in [9.17, 15) is 19.2 Å². The molecule has 1 fully saturated rings. The Labute approximate surface area is 204 Å². The van der Waals surface area contributed by atoms with Gasteiger partial charge in [-0.2, -0.15) is 0 Å². The van der Waals surface area contributed by atoms with E-state index in [2.05, 4.69) is 5.32 Å². The summed E-state index contributed by atoms with van der Waals surface area (Å²) in [6.07, 6.45) is 1.92. The van der Waals surface area contributed by atoms with Gasteiger partial charge in [-0.25, -0.2) is 0 Å². The molecule has 0 aromatic heterocycles. The number of anilines is 1. The third-order valence-corrected chi connectivity index (χ3v) is 6.47. The number of rotatable bonds is 7. The van der Waals surface area contributed by atoms with Gasteiger partial charge in [-0.05, 0) is 48.7 Å². The molecule has 0 unspecified atom stereocenters. The number of aryl methyl sites for hydroxylation is 1. The molecule has 0 aliphatic carbocycles. The molecule has 2 aliphatic rings. The second-order valence-corrected chi connectivity index (χ2v) is 8.84. The van der Waals surface area contributed by atoms with Crippen molar-refractivity contribution in [2.24, 2.45) is 0 Å². The fourth-order valence-corrected chi connectivity index (χ4v) is 4.42. The number of methoxy groups -OCH3 is 1. The van der Waals surface area contributed by atoms with E-state index >= 15 is 0 Å². The number of hydrogen-bond donors (Lipinski definition) is 1. The Morgan fingerprint density at radius 3 is 2.43 bits per heavy atom. The summed E-state index contributed by atoms with van der Waals surface area (Å²) in [5.74, 6) is 0.00815. The molecule has 2 heterocycles. The van der Waals surface area contributed by atoms with Crippen LogP contribution in [0.25, 0.3) is 0 Å². The standard InChI is InChI=1S/C26H30N4O5/c1-28-25(33)21-10-7-19(16-22(21)26(28)34)27-23(31)17-29-12-3-13-30(15-14-29)24(32)11-6-18-4-8-20(35-2)9-5-18/h4-5,7-10,16H,3,6,11-15,17H2,1-2H3,(H,27,31). The van der Waals surface area contributed by atoms with Gasteiger partial charge in [0, 0.05) is 45.3 Å². The number of amides is 4. The number of nitrogens with one attached hydrogen (secondary N) is 1. The summed E-state index contributed by atoms with van der Waals surface area (Å²) in [5.41, 5.74) is 2.22. The lowest BCUT2D eigenvalue weighted by Gasteiger charge is -2.22. The lowest BCUT2D eigenvalue weighted by molar-refractivity contribution is -0.131. The Morgan fingerprint density at radius 1 is 0.943 bits per heavy atom. The first-order valence-corrected chi connectivity index (χ1v) is 11.7. The first-order chi connectivity index (χ1) is 16.9. The van der Waals surface area contributed by atoms with Crippen molar-refractivity contribution >= 4 is 29.3 Å². The van der Waals surface area contributed by atoms with Crippen LogP contribution in [0.2, 0.25) is 0 Å². The highest BCUT2D eigenvalue weighted by Crippen LogP contribution is 2.24. The van der Waals surface area contributed by atoms with Crippen molar-refractivity contribution in [3.8, 4) is 5.75 Å². The number of imide groups is 1. The smallest absolute Gasteiger partial charge is 0.261 e. The Hall–Kier alpha value is -3.72. The second kappa shape index (κ2) is 10.7. The van der Waals surface area contributed by atoms with Gasteiger partial charge in [0.05, 0.1) is 24.8 Å². The van der Waals surface area contributed by atoms with Gasteiger partial charge in [0.2, 0.25) is 11.8 Å². The van der Waals surface area contributed by atoms with E-state index in [1.165, 1.54) is 7.05 Å². The van der Waals surface area contributed by atoms with Crippen LogP contribution in [-0.4, -0.2) is 85.2 Å². The summed E-state index contributed by atoms with van der Waals surface area (Å²) in [7, 11) is 3.07. The summed E-state index contributed by atoms with van der Waals surface area (Å²) in [5, 5.41) is 2.82. The molecule has 184 valence electrons. The second-order valence-electron chi connectivity index (χ2n) is 8.84. The molecule has 0 atom stereocenters. The van der Waals surface area contributed by atoms with Crippen molar-refractivity contribution < 1.29 is 23.9 Å². The molecule has 4 amide bonds. The zero-order valence-electron chi connectivity index (χ0n) is 20.1. The van der Waals surface area contributed by atoms with Gasteiger partial charge >= 0.3 is 0 Å². The van der Waals surface area contributed by atoms with Crippen LogP contribution in [0.15, 0.2) is 42.5 Å². The third kappa shape index (κ3) is 5.68. The average molecular weight is 479 g/mol. The molecule has 0 bridgehead atoms. The van der Waals surface area contributed by atoms with Crippen molar-refractivity contribution in [1.82, 2.24) is 14.7 Å². The Balaban J connectivity index is 1.25. The minimum atomic E-state index is -0.370. The van der Waals surface area contributed by atoms with Crippen molar-refractivity contribution in [2.75, 3.05) is 52.2 Å². The summed E-state index contributed by atoms with van der Waals surface area (Å²) in [4.78, 5) is 54.5. The van der Waals surface area contributed by atoms with E-state index in [4.69, 9.17) is 4.74 Å². The van der Waals surface area contributed by atoms with Gasteiger partial charge in [-0.15, -0.1) is 0 Å². The van der Waals surface area contributed by atoms with E-state index < -0.39 is 0 Å². The predicted octanol–water partition coefficient (Wildman–Crippen LogP) is 2.03. The van der Waals surface area contributed by atoms with E-state index in [0.29, 0.717) is 49.3 Å². The summed E-state index contributed by atoms with van der Waals surface area (Å²) < 4.78 is 5.17. The molecule has 2 aromatic carbocycles. The average Bonchev–Trinajstić information content (AvgIpc) is 3.02. The monoisotopic (exact) mass is 478 g/mol. The molecule has 1 saturated heterocycles. The maximum atomic E-state index is 12.7. The summed E-state index contributed by atoms with van der Waals surface area (Å²) in [6, 6.07) is 12.5. The van der Waals surface area contributed by atoms with E-state index in [1.54, 1.807) is 25.3 Å². The van der Waals surface area contributed by atoms with Crippen molar-refractivity contribution in [2.45, 2.75) is 19.3 Å². The van der Waals surface area contributed by atoms with Crippen LogP contribution in [0.5, 0.6) is 5.75 Å². The molecule has 35 heavy (non-hydrogen) atoms. The van der Waals surface area contributed by atoms with Gasteiger partial charge in [-0.1, -0.05) is 12.1 Å². The molecule has 9 heteroatoms. The summed E-state index contributed by atoms with van der Waals surface area (Å²) in [6.45, 7) is 2.78. The van der Waals surface area contributed by atoms with Crippen LogP contribution in [-0.2, 0) is 16.0 Å². The molecule has 0 saturated carbocycles. The molecule has 1 N–H and O–H groups in total. The third-order valence-electron chi connectivity index (χ3n) is 6.47. The minimum Gasteiger partial charge on any atom is -0.497 e. The van der Waals surface area contributed by atoms with Gasteiger partial charge in [0.15, 0.2) is 0 Å². The molecular weight excluding hydrogens is 448 g/mol. The molecule has 4 rings (SSSR count). The number of nitrogens with zero attached hydrogens (tertiary/aromatic N) is 3. The highest BCUT2D eigenvalue weighted by Gasteiger charge is 2.32. The zero-order chi connectivity index (χ0) is 24.9.